The lowest BCUT2D eigenvalue weighted by atomic mass is 9.94. The zero-order valence-electron chi connectivity index (χ0n) is 33.7. The highest BCUT2D eigenvalue weighted by Gasteiger charge is 2.37. The Labute approximate surface area is 354 Å². The molecule has 2 aromatic carbocycles. The van der Waals surface area contributed by atoms with Gasteiger partial charge in [0, 0.05) is 49.4 Å². The van der Waals surface area contributed by atoms with E-state index < -0.39 is 34.5 Å². The molecule has 2 saturated heterocycles. The number of hydrogen-bond acceptors (Lipinski definition) is 9. The number of ether oxygens (including phenoxy) is 2. The summed E-state index contributed by atoms with van der Waals surface area (Å²) in [5, 5.41) is 4.20. The van der Waals surface area contributed by atoms with Gasteiger partial charge in [0.1, 0.15) is 23.2 Å². The van der Waals surface area contributed by atoms with Crippen LogP contribution in [0.4, 0.5) is 29.5 Å². The number of amides is 4. The first-order chi connectivity index (χ1) is 28.2. The fourth-order valence-corrected chi connectivity index (χ4v) is 7.95. The summed E-state index contributed by atoms with van der Waals surface area (Å²) >= 11 is 13.1. The van der Waals surface area contributed by atoms with Crippen LogP contribution in [0.15, 0.2) is 54.9 Å². The Morgan fingerprint density at radius 1 is 0.950 bits per heavy atom. The number of H-pyrrole nitrogens is 1. The average Bonchev–Trinajstić information content (AvgIpc) is 3.85. The van der Waals surface area contributed by atoms with Crippen LogP contribution in [0.5, 0.6) is 5.75 Å². The molecule has 2 aliphatic heterocycles. The lowest BCUT2D eigenvalue weighted by Crippen LogP contribution is -2.56. The van der Waals surface area contributed by atoms with Gasteiger partial charge in [0.05, 0.1) is 41.3 Å². The molecule has 0 aliphatic carbocycles. The molecule has 3 N–H and O–H groups in total. The number of hydrogen-bond donors (Lipinski definition) is 3. The SMILES string of the molecule is COC(=O)NCC(=O)N1C[C@@H](C)C[C@H]1c1ncc(-c2ccc(-c3cc(Cl)c(NC(=O)c4ccc(N5CCN(C(=O)C(C)(C)C)C[C@H]5C)nc4)c(Cl)c3OC(F)(F)F)cc2)[nH]1. The van der Waals surface area contributed by atoms with Crippen LogP contribution < -0.4 is 20.3 Å². The second-order valence-corrected chi connectivity index (χ2v) is 16.7. The predicted octanol–water partition coefficient (Wildman–Crippen LogP) is 7.95. The number of pyridine rings is 1. The molecular weight excluding hydrogens is 828 g/mol. The third kappa shape index (κ3) is 9.90. The molecule has 0 saturated carbocycles. The number of piperazine rings is 1. The number of carbonyl (C=O) groups is 4. The number of aromatic amines is 1. The summed E-state index contributed by atoms with van der Waals surface area (Å²) in [4.78, 5) is 68.4. The van der Waals surface area contributed by atoms with E-state index in [1.54, 1.807) is 41.4 Å². The molecule has 2 fully saturated rings. The number of likely N-dealkylation sites (tertiary alicyclic amines) is 1. The van der Waals surface area contributed by atoms with Crippen molar-refractivity contribution in [2.45, 2.75) is 59.5 Å². The smallest absolute Gasteiger partial charge is 0.453 e. The van der Waals surface area contributed by atoms with Gasteiger partial charge >= 0.3 is 12.5 Å². The molecule has 320 valence electrons. The molecule has 19 heteroatoms. The highest BCUT2D eigenvalue weighted by Crippen LogP contribution is 2.47. The monoisotopic (exact) mass is 872 g/mol. The van der Waals surface area contributed by atoms with E-state index in [4.69, 9.17) is 23.2 Å². The number of rotatable bonds is 9. The van der Waals surface area contributed by atoms with Gasteiger partial charge in [-0.1, -0.05) is 75.2 Å². The number of alkyl carbamates (subject to hydrolysis) is 1. The van der Waals surface area contributed by atoms with Crippen molar-refractivity contribution in [2.24, 2.45) is 11.3 Å². The molecule has 0 bridgehead atoms. The first kappa shape index (κ1) is 44.0. The molecule has 4 amide bonds. The summed E-state index contributed by atoms with van der Waals surface area (Å²) in [5.41, 5.74) is 0.715. The van der Waals surface area contributed by atoms with E-state index in [0.29, 0.717) is 55.5 Å². The number of anilines is 2. The van der Waals surface area contributed by atoms with Crippen molar-refractivity contribution < 1.29 is 41.8 Å². The Morgan fingerprint density at radius 2 is 1.65 bits per heavy atom. The minimum atomic E-state index is -5.15. The van der Waals surface area contributed by atoms with E-state index in [9.17, 15) is 32.3 Å². The molecule has 2 aromatic heterocycles. The minimum absolute atomic E-state index is 0.0459. The maximum atomic E-state index is 13.8. The summed E-state index contributed by atoms with van der Waals surface area (Å²) in [5.74, 6) is -0.423. The Balaban J connectivity index is 1.18. The van der Waals surface area contributed by atoms with Crippen LogP contribution in [0, 0.1) is 11.3 Å². The number of methoxy groups -OCH3 is 1. The van der Waals surface area contributed by atoms with Gasteiger partial charge in [0.2, 0.25) is 11.8 Å². The molecule has 60 heavy (non-hydrogen) atoms. The number of aromatic nitrogens is 3. The van der Waals surface area contributed by atoms with E-state index in [-0.39, 0.29) is 63.8 Å². The predicted molar refractivity (Wildman–Crippen MR) is 220 cm³/mol. The highest BCUT2D eigenvalue weighted by atomic mass is 35.5. The quantitative estimate of drug-likeness (QED) is 0.152. The number of imidazole rings is 1. The standard InChI is InChI=1S/C41H45Cl2F3N8O6/c1-22-15-30(54(20-22)32(55)19-49-39(58)59-6)36-48-18-29(50-36)25-9-7-24(8-10-25)27-16-28(42)34(33(43)35(27)60-41(44,45)46)51-37(56)26-11-12-31(47-17-26)53-14-13-52(21-23(53)2)38(57)40(3,4)5/h7-12,16-18,22-23,30H,13-15,19-21H2,1-6H3,(H,48,50)(H,49,58)(H,51,56)/t22-,23+,30-/m0/s1. The molecule has 14 nitrogen and oxygen atoms in total. The highest BCUT2D eigenvalue weighted by molar-refractivity contribution is 6.41. The summed E-state index contributed by atoms with van der Waals surface area (Å²) in [6.07, 6.45) is -2.30. The van der Waals surface area contributed by atoms with Gasteiger partial charge in [-0.3, -0.25) is 14.4 Å². The van der Waals surface area contributed by atoms with E-state index in [0.717, 1.165) is 0 Å². The van der Waals surface area contributed by atoms with Crippen LogP contribution in [-0.2, 0) is 14.3 Å². The normalized spacial score (nSPS) is 18.3. The van der Waals surface area contributed by atoms with Crippen LogP contribution >= 0.6 is 23.2 Å². The Hall–Kier alpha value is -5.55. The molecule has 4 heterocycles. The van der Waals surface area contributed by atoms with Crippen LogP contribution in [0.1, 0.15) is 63.3 Å². The van der Waals surface area contributed by atoms with Gasteiger partial charge in [-0.25, -0.2) is 14.8 Å². The Bertz CT molecular complexity index is 2250. The first-order valence-corrected chi connectivity index (χ1v) is 19.9. The van der Waals surface area contributed by atoms with Crippen molar-refractivity contribution in [1.29, 1.82) is 0 Å². The summed E-state index contributed by atoms with van der Waals surface area (Å²) < 4.78 is 50.5. The second-order valence-electron chi connectivity index (χ2n) is 15.9. The molecule has 0 spiro atoms. The van der Waals surface area contributed by atoms with Gasteiger partial charge in [-0.05, 0) is 48.6 Å². The third-order valence-electron chi connectivity index (χ3n) is 10.3. The third-order valence-corrected chi connectivity index (χ3v) is 11.0. The van der Waals surface area contributed by atoms with Gasteiger partial charge in [0.15, 0.2) is 5.75 Å². The fraction of sp³-hybridized carbons (Fsp3) is 0.415. The molecule has 3 atom stereocenters. The Morgan fingerprint density at radius 3 is 2.27 bits per heavy atom. The van der Waals surface area contributed by atoms with Crippen LogP contribution in [0.25, 0.3) is 22.4 Å². The van der Waals surface area contributed by atoms with Crippen molar-refractivity contribution in [3.63, 3.8) is 0 Å². The molecule has 0 radical (unpaired) electrons. The largest absolute Gasteiger partial charge is 0.573 e. The number of nitrogens with zero attached hydrogens (tertiary/aromatic N) is 5. The number of nitrogens with one attached hydrogen (secondary N) is 3. The van der Waals surface area contributed by atoms with Crippen molar-refractivity contribution in [1.82, 2.24) is 30.1 Å². The molecular formula is C41H45Cl2F3N8O6. The Kier molecular flexibility index (Phi) is 12.9. The number of benzene rings is 2. The van der Waals surface area contributed by atoms with Gasteiger partial charge in [0.25, 0.3) is 5.91 Å². The minimum Gasteiger partial charge on any atom is -0.453 e. The molecule has 4 aromatic rings. The van der Waals surface area contributed by atoms with E-state index in [1.165, 1.54) is 25.4 Å². The topological polar surface area (TPSA) is 162 Å². The molecule has 0 unspecified atom stereocenters. The summed E-state index contributed by atoms with van der Waals surface area (Å²) in [7, 11) is 1.21. The number of carbonyl (C=O) groups excluding carboxylic acids is 4. The molecule has 6 rings (SSSR count). The van der Waals surface area contributed by atoms with Crippen LogP contribution in [0.3, 0.4) is 0 Å². The van der Waals surface area contributed by atoms with Crippen molar-refractivity contribution in [3.8, 4) is 28.1 Å². The lowest BCUT2D eigenvalue weighted by Gasteiger charge is -2.42. The maximum absolute atomic E-state index is 13.8. The van der Waals surface area contributed by atoms with E-state index in [1.807, 2.05) is 44.4 Å². The van der Waals surface area contributed by atoms with Gasteiger partial charge < -0.3 is 39.8 Å². The summed E-state index contributed by atoms with van der Waals surface area (Å²) in [6, 6.07) is 10.4. The molecule has 2 aliphatic rings. The summed E-state index contributed by atoms with van der Waals surface area (Å²) in [6.45, 7) is 11.4. The van der Waals surface area contributed by atoms with Gasteiger partial charge in [-0.2, -0.15) is 0 Å². The zero-order valence-corrected chi connectivity index (χ0v) is 35.3. The second kappa shape index (κ2) is 17.6. The van der Waals surface area contributed by atoms with Crippen LogP contribution in [0.2, 0.25) is 10.0 Å². The fourth-order valence-electron chi connectivity index (χ4n) is 7.36. The van der Waals surface area contributed by atoms with E-state index in [2.05, 4.69) is 35.1 Å². The van der Waals surface area contributed by atoms with Crippen molar-refractivity contribution in [3.05, 3.63) is 76.3 Å². The van der Waals surface area contributed by atoms with Crippen LogP contribution in [-0.4, -0.2) is 101 Å². The average molecular weight is 874 g/mol. The lowest BCUT2D eigenvalue weighted by molar-refractivity contribution is -0.274. The maximum Gasteiger partial charge on any atom is 0.573 e. The van der Waals surface area contributed by atoms with Crippen molar-refractivity contribution in [2.75, 3.05) is 50.1 Å². The zero-order chi connectivity index (χ0) is 43.7. The van der Waals surface area contributed by atoms with Crippen molar-refractivity contribution >= 4 is 58.5 Å². The number of alkyl halides is 3. The van der Waals surface area contributed by atoms with E-state index >= 15 is 0 Å². The van der Waals surface area contributed by atoms with Gasteiger partial charge in [-0.15, -0.1) is 13.2 Å². The first-order valence-electron chi connectivity index (χ1n) is 19.1. The number of halogens is 5.